The third-order valence-electron chi connectivity index (χ3n) is 3.56. The molecule has 1 aromatic carbocycles. The Kier molecular flexibility index (Phi) is 4.69. The average Bonchev–Trinajstić information content (AvgIpc) is 2.34. The lowest BCUT2D eigenvalue weighted by molar-refractivity contribution is 0.318. The van der Waals surface area contributed by atoms with Gasteiger partial charge in [0.25, 0.3) is 0 Å². The number of nitrogens with two attached hydrogens (primary N) is 1. The highest BCUT2D eigenvalue weighted by Crippen LogP contribution is 2.31. The minimum Gasteiger partial charge on any atom is -0.409 e. The summed E-state index contributed by atoms with van der Waals surface area (Å²) < 4.78 is 0. The van der Waals surface area contributed by atoms with Crippen LogP contribution in [0.15, 0.2) is 23.4 Å². The lowest BCUT2D eigenvalue weighted by Gasteiger charge is -2.37. The third kappa shape index (κ3) is 3.53. The molecule has 0 saturated heterocycles. The van der Waals surface area contributed by atoms with Crippen LogP contribution >= 0.6 is 11.6 Å². The zero-order valence-corrected chi connectivity index (χ0v) is 12.9. The Labute approximate surface area is 119 Å². The normalized spacial score (nSPS) is 14.3. The van der Waals surface area contributed by atoms with Crippen LogP contribution in [0.1, 0.15) is 33.3 Å². The van der Waals surface area contributed by atoms with Crippen LogP contribution < -0.4 is 10.6 Å². The van der Waals surface area contributed by atoms with Crippen LogP contribution in [0.3, 0.4) is 0 Å². The van der Waals surface area contributed by atoms with E-state index in [4.69, 9.17) is 22.5 Å². The maximum Gasteiger partial charge on any atom is 0.172 e. The van der Waals surface area contributed by atoms with E-state index in [1.807, 2.05) is 13.1 Å². The molecule has 0 heterocycles. The molecule has 3 N–H and O–H groups in total. The van der Waals surface area contributed by atoms with Gasteiger partial charge >= 0.3 is 0 Å². The second kappa shape index (κ2) is 5.70. The number of amidine groups is 1. The highest BCUT2D eigenvalue weighted by molar-refractivity contribution is 6.31. The maximum atomic E-state index is 8.87. The molecule has 0 aliphatic rings. The minimum atomic E-state index is 0.0830. The molecule has 0 saturated carbocycles. The molecular formula is C14H22ClN3O. The zero-order valence-electron chi connectivity index (χ0n) is 12.1. The monoisotopic (exact) mass is 283 g/mol. The lowest BCUT2D eigenvalue weighted by atomic mass is 9.86. The van der Waals surface area contributed by atoms with Gasteiger partial charge in [-0.3, -0.25) is 0 Å². The minimum absolute atomic E-state index is 0.0830. The van der Waals surface area contributed by atoms with Crippen molar-refractivity contribution in [2.75, 3.05) is 11.9 Å². The highest BCUT2D eigenvalue weighted by atomic mass is 35.5. The molecule has 1 unspecified atom stereocenters. The fourth-order valence-electron chi connectivity index (χ4n) is 1.86. The summed E-state index contributed by atoms with van der Waals surface area (Å²) in [5.74, 6) is 0.0830. The standard InChI is InChI=1S/C14H22ClN3O/c1-9(14(2,3)4)18(5)12-8-10(15)6-7-11(12)13(16)17-19/h6-9,19H,1-5H3,(H2,16,17). The molecule has 0 aliphatic carbocycles. The molecule has 0 aliphatic heterocycles. The van der Waals surface area contributed by atoms with Crippen LogP contribution in [-0.2, 0) is 0 Å². The first-order chi connectivity index (χ1) is 8.68. The molecular weight excluding hydrogens is 262 g/mol. The third-order valence-corrected chi connectivity index (χ3v) is 3.79. The van der Waals surface area contributed by atoms with Crippen molar-refractivity contribution in [3.05, 3.63) is 28.8 Å². The molecule has 0 amide bonds. The van der Waals surface area contributed by atoms with Crippen LogP contribution in [0, 0.1) is 5.41 Å². The molecule has 19 heavy (non-hydrogen) atoms. The molecule has 0 fully saturated rings. The van der Waals surface area contributed by atoms with Crippen LogP contribution in [-0.4, -0.2) is 24.1 Å². The van der Waals surface area contributed by atoms with Crippen molar-refractivity contribution in [2.24, 2.45) is 16.3 Å². The molecule has 4 nitrogen and oxygen atoms in total. The summed E-state index contributed by atoms with van der Waals surface area (Å²) in [6, 6.07) is 5.58. The van der Waals surface area contributed by atoms with Crippen molar-refractivity contribution in [3.8, 4) is 0 Å². The van der Waals surface area contributed by atoms with E-state index < -0.39 is 0 Å². The Hall–Kier alpha value is -1.42. The second-order valence-electron chi connectivity index (χ2n) is 5.80. The Bertz CT molecular complexity index is 480. The van der Waals surface area contributed by atoms with Crippen molar-refractivity contribution in [1.29, 1.82) is 0 Å². The topological polar surface area (TPSA) is 61.8 Å². The fraction of sp³-hybridized carbons (Fsp3) is 0.500. The quantitative estimate of drug-likeness (QED) is 0.387. The van der Waals surface area contributed by atoms with Gasteiger partial charge in [-0.15, -0.1) is 0 Å². The summed E-state index contributed by atoms with van der Waals surface area (Å²) in [4.78, 5) is 2.10. The number of halogens is 1. The number of rotatable bonds is 3. The van der Waals surface area contributed by atoms with Gasteiger partial charge in [-0.2, -0.15) is 0 Å². The van der Waals surface area contributed by atoms with E-state index >= 15 is 0 Å². The molecule has 0 bridgehead atoms. The van der Waals surface area contributed by atoms with E-state index in [9.17, 15) is 0 Å². The molecule has 0 aromatic heterocycles. The highest BCUT2D eigenvalue weighted by Gasteiger charge is 2.26. The van der Waals surface area contributed by atoms with Crippen molar-refractivity contribution >= 4 is 23.1 Å². The maximum absolute atomic E-state index is 8.87. The summed E-state index contributed by atoms with van der Waals surface area (Å²) in [7, 11) is 1.98. The smallest absolute Gasteiger partial charge is 0.172 e. The van der Waals surface area contributed by atoms with Crippen molar-refractivity contribution in [1.82, 2.24) is 0 Å². The molecule has 0 spiro atoms. The molecule has 1 aromatic rings. The first-order valence-electron chi connectivity index (χ1n) is 6.18. The molecule has 106 valence electrons. The fourth-order valence-corrected chi connectivity index (χ4v) is 2.02. The number of anilines is 1. The van der Waals surface area contributed by atoms with Crippen LogP contribution in [0.2, 0.25) is 5.02 Å². The van der Waals surface area contributed by atoms with E-state index in [0.717, 1.165) is 5.69 Å². The largest absolute Gasteiger partial charge is 0.409 e. The van der Waals surface area contributed by atoms with Gasteiger partial charge in [0, 0.05) is 29.4 Å². The van der Waals surface area contributed by atoms with Gasteiger partial charge in [0.1, 0.15) is 0 Å². The van der Waals surface area contributed by atoms with E-state index in [2.05, 4.69) is 37.8 Å². The second-order valence-corrected chi connectivity index (χ2v) is 6.24. The van der Waals surface area contributed by atoms with Gasteiger partial charge in [-0.1, -0.05) is 37.5 Å². The van der Waals surface area contributed by atoms with Crippen molar-refractivity contribution in [2.45, 2.75) is 33.7 Å². The summed E-state index contributed by atoms with van der Waals surface area (Å²) in [5, 5.41) is 12.6. The average molecular weight is 284 g/mol. The Morgan fingerprint density at radius 2 is 2.00 bits per heavy atom. The van der Waals surface area contributed by atoms with Crippen LogP contribution in [0.5, 0.6) is 0 Å². The van der Waals surface area contributed by atoms with Crippen molar-refractivity contribution < 1.29 is 5.21 Å². The van der Waals surface area contributed by atoms with Gasteiger partial charge in [0.15, 0.2) is 5.84 Å². The number of hydrogen-bond acceptors (Lipinski definition) is 3. The Morgan fingerprint density at radius 1 is 1.42 bits per heavy atom. The number of hydrogen-bond donors (Lipinski definition) is 2. The predicted molar refractivity (Wildman–Crippen MR) is 81.3 cm³/mol. The first kappa shape index (κ1) is 15.6. The predicted octanol–water partition coefficient (Wildman–Crippen LogP) is 3.31. The molecule has 5 heteroatoms. The van der Waals surface area contributed by atoms with E-state index in [1.165, 1.54) is 0 Å². The molecule has 1 rings (SSSR count). The SMILES string of the molecule is CC(N(C)c1cc(Cl)ccc1C(N)=NO)C(C)(C)C. The van der Waals surface area contributed by atoms with E-state index in [1.54, 1.807) is 12.1 Å². The van der Waals surface area contributed by atoms with Gasteiger partial charge in [-0.05, 0) is 30.5 Å². The van der Waals surface area contributed by atoms with Gasteiger partial charge in [0.2, 0.25) is 0 Å². The summed E-state index contributed by atoms with van der Waals surface area (Å²) in [6.07, 6.45) is 0. The van der Waals surface area contributed by atoms with Crippen molar-refractivity contribution in [3.63, 3.8) is 0 Å². The summed E-state index contributed by atoms with van der Waals surface area (Å²) in [6.45, 7) is 8.64. The van der Waals surface area contributed by atoms with Crippen LogP contribution in [0.4, 0.5) is 5.69 Å². The first-order valence-corrected chi connectivity index (χ1v) is 6.56. The number of nitrogens with zero attached hydrogens (tertiary/aromatic N) is 2. The van der Waals surface area contributed by atoms with E-state index in [-0.39, 0.29) is 17.3 Å². The summed E-state index contributed by atoms with van der Waals surface area (Å²) >= 11 is 6.06. The van der Waals surface area contributed by atoms with E-state index in [0.29, 0.717) is 10.6 Å². The molecule has 1 atom stereocenters. The number of oxime groups is 1. The van der Waals surface area contributed by atoms with Gasteiger partial charge < -0.3 is 15.8 Å². The van der Waals surface area contributed by atoms with Gasteiger partial charge in [-0.25, -0.2) is 0 Å². The lowest BCUT2D eigenvalue weighted by Crippen LogP contribution is -2.40. The number of benzene rings is 1. The Morgan fingerprint density at radius 3 is 2.47 bits per heavy atom. The zero-order chi connectivity index (χ0) is 14.8. The van der Waals surface area contributed by atoms with Gasteiger partial charge in [0.05, 0.1) is 0 Å². The van der Waals surface area contributed by atoms with Crippen LogP contribution in [0.25, 0.3) is 0 Å². The summed E-state index contributed by atoms with van der Waals surface area (Å²) in [5.41, 5.74) is 7.34. The Balaban J connectivity index is 3.29. The molecule has 0 radical (unpaired) electrons.